The molecule has 98 valence electrons. The molecule has 0 radical (unpaired) electrons. The summed E-state index contributed by atoms with van der Waals surface area (Å²) in [7, 11) is -3.32. The van der Waals surface area contributed by atoms with Crippen molar-refractivity contribution in [3.05, 3.63) is 54.3 Å². The molecule has 0 aliphatic heterocycles. The molecular formula is C14H18O3S. The molecule has 4 heteroatoms. The SMILES string of the molecule is C=C(/C=C/OCC)CS(=O)(=O)c1ccc(C)cc1. The minimum atomic E-state index is -3.32. The summed E-state index contributed by atoms with van der Waals surface area (Å²) < 4.78 is 29.1. The summed E-state index contributed by atoms with van der Waals surface area (Å²) in [5, 5.41) is 0. The van der Waals surface area contributed by atoms with E-state index in [0.29, 0.717) is 17.1 Å². The second kappa shape index (κ2) is 6.40. The lowest BCUT2D eigenvalue weighted by molar-refractivity contribution is 0.269. The smallest absolute Gasteiger partial charge is 0.182 e. The van der Waals surface area contributed by atoms with Crippen molar-refractivity contribution in [3.8, 4) is 0 Å². The molecule has 0 fully saturated rings. The van der Waals surface area contributed by atoms with E-state index in [4.69, 9.17) is 4.74 Å². The number of benzene rings is 1. The molecule has 0 aromatic heterocycles. The second-order valence-corrected chi connectivity index (χ2v) is 5.98. The van der Waals surface area contributed by atoms with Gasteiger partial charge in [0.1, 0.15) is 0 Å². The van der Waals surface area contributed by atoms with Crippen molar-refractivity contribution in [1.82, 2.24) is 0 Å². The number of aryl methyl sites for hydroxylation is 1. The first-order valence-electron chi connectivity index (χ1n) is 5.71. The van der Waals surface area contributed by atoms with Gasteiger partial charge in [-0.2, -0.15) is 0 Å². The Morgan fingerprint density at radius 1 is 1.33 bits per heavy atom. The zero-order valence-corrected chi connectivity index (χ0v) is 11.5. The molecule has 1 aromatic rings. The number of ether oxygens (including phenoxy) is 1. The van der Waals surface area contributed by atoms with E-state index in [1.54, 1.807) is 30.3 Å². The van der Waals surface area contributed by atoms with Crippen molar-refractivity contribution in [2.24, 2.45) is 0 Å². The predicted molar refractivity (Wildman–Crippen MR) is 73.1 cm³/mol. The Kier molecular flexibility index (Phi) is 5.16. The maximum Gasteiger partial charge on any atom is 0.182 e. The Hall–Kier alpha value is -1.55. The van der Waals surface area contributed by atoms with Gasteiger partial charge in [-0.1, -0.05) is 24.3 Å². The molecule has 0 saturated carbocycles. The van der Waals surface area contributed by atoms with Crippen LogP contribution in [0.3, 0.4) is 0 Å². The molecule has 0 heterocycles. The van der Waals surface area contributed by atoms with Gasteiger partial charge in [-0.15, -0.1) is 0 Å². The van der Waals surface area contributed by atoms with Crippen LogP contribution in [0.1, 0.15) is 12.5 Å². The lowest BCUT2D eigenvalue weighted by Crippen LogP contribution is -2.07. The van der Waals surface area contributed by atoms with E-state index in [9.17, 15) is 8.42 Å². The molecule has 0 N–H and O–H groups in total. The van der Waals surface area contributed by atoms with E-state index in [1.807, 2.05) is 13.8 Å². The third-order valence-corrected chi connectivity index (χ3v) is 4.06. The Bertz CT molecular complexity index is 525. The summed E-state index contributed by atoms with van der Waals surface area (Å²) in [6.45, 7) is 8.03. The normalized spacial score (nSPS) is 11.7. The summed E-state index contributed by atoms with van der Waals surface area (Å²) in [4.78, 5) is 0.319. The van der Waals surface area contributed by atoms with Gasteiger partial charge in [-0.05, 0) is 37.6 Å². The van der Waals surface area contributed by atoms with E-state index in [2.05, 4.69) is 6.58 Å². The third-order valence-electron chi connectivity index (χ3n) is 2.32. The van der Waals surface area contributed by atoms with Gasteiger partial charge in [0.15, 0.2) is 9.84 Å². The summed E-state index contributed by atoms with van der Waals surface area (Å²) in [5.74, 6) is -0.0976. The quantitative estimate of drug-likeness (QED) is 0.587. The fourth-order valence-electron chi connectivity index (χ4n) is 1.36. The Morgan fingerprint density at radius 3 is 2.50 bits per heavy atom. The van der Waals surface area contributed by atoms with Gasteiger partial charge < -0.3 is 4.74 Å². The lowest BCUT2D eigenvalue weighted by atomic mass is 10.2. The van der Waals surface area contributed by atoms with Gasteiger partial charge in [0.2, 0.25) is 0 Å². The van der Waals surface area contributed by atoms with Crippen LogP contribution in [0.15, 0.2) is 53.7 Å². The van der Waals surface area contributed by atoms with Gasteiger partial charge in [-0.3, -0.25) is 0 Å². The molecular weight excluding hydrogens is 248 g/mol. The predicted octanol–water partition coefficient (Wildman–Crippen LogP) is 2.88. The number of sulfone groups is 1. The van der Waals surface area contributed by atoms with Gasteiger partial charge in [-0.25, -0.2) is 8.42 Å². The minimum Gasteiger partial charge on any atom is -0.501 e. The Labute approximate surface area is 109 Å². The van der Waals surface area contributed by atoms with Crippen molar-refractivity contribution in [1.29, 1.82) is 0 Å². The van der Waals surface area contributed by atoms with Crippen LogP contribution in [0.2, 0.25) is 0 Å². The fourth-order valence-corrected chi connectivity index (χ4v) is 2.66. The zero-order valence-electron chi connectivity index (χ0n) is 10.7. The molecule has 0 aliphatic rings. The summed E-state index contributed by atoms with van der Waals surface area (Å²) in [5.41, 5.74) is 1.54. The molecule has 1 aromatic carbocycles. The first-order valence-corrected chi connectivity index (χ1v) is 7.36. The standard InChI is InChI=1S/C14H18O3S/c1-4-17-10-9-13(3)11-18(15,16)14-7-5-12(2)6-8-14/h5-10H,3-4,11H2,1-2H3/b10-9+. The van der Waals surface area contributed by atoms with Crippen molar-refractivity contribution < 1.29 is 13.2 Å². The summed E-state index contributed by atoms with van der Waals surface area (Å²) >= 11 is 0. The van der Waals surface area contributed by atoms with Crippen LogP contribution >= 0.6 is 0 Å². The van der Waals surface area contributed by atoms with Gasteiger partial charge in [0.25, 0.3) is 0 Å². The molecule has 0 unspecified atom stereocenters. The first-order chi connectivity index (χ1) is 8.45. The largest absolute Gasteiger partial charge is 0.501 e. The molecule has 1 rings (SSSR count). The van der Waals surface area contributed by atoms with E-state index >= 15 is 0 Å². The molecule has 0 amide bonds. The highest BCUT2D eigenvalue weighted by Gasteiger charge is 2.14. The number of allylic oxidation sites excluding steroid dienone is 1. The fraction of sp³-hybridized carbons (Fsp3) is 0.286. The molecule has 0 bridgehead atoms. The topological polar surface area (TPSA) is 43.4 Å². The maximum absolute atomic E-state index is 12.1. The molecule has 0 spiro atoms. The molecule has 0 atom stereocenters. The van der Waals surface area contributed by atoms with Crippen LogP contribution in [0.4, 0.5) is 0 Å². The third kappa shape index (κ3) is 4.37. The van der Waals surface area contributed by atoms with Crippen molar-refractivity contribution in [2.75, 3.05) is 12.4 Å². The van der Waals surface area contributed by atoms with Crippen LogP contribution in [0.25, 0.3) is 0 Å². The van der Waals surface area contributed by atoms with Crippen LogP contribution in [0, 0.1) is 6.92 Å². The highest BCUT2D eigenvalue weighted by molar-refractivity contribution is 7.91. The molecule has 3 nitrogen and oxygen atoms in total. The molecule has 18 heavy (non-hydrogen) atoms. The second-order valence-electron chi connectivity index (χ2n) is 3.99. The van der Waals surface area contributed by atoms with Crippen molar-refractivity contribution in [3.63, 3.8) is 0 Å². The highest BCUT2D eigenvalue weighted by atomic mass is 32.2. The Morgan fingerprint density at radius 2 is 1.94 bits per heavy atom. The Balaban J connectivity index is 2.76. The number of hydrogen-bond donors (Lipinski definition) is 0. The van der Waals surface area contributed by atoms with E-state index in [1.165, 1.54) is 6.26 Å². The maximum atomic E-state index is 12.1. The molecule has 0 saturated heterocycles. The van der Waals surface area contributed by atoms with Gasteiger partial charge in [0.05, 0.1) is 23.5 Å². The lowest BCUT2D eigenvalue weighted by Gasteiger charge is -2.05. The highest BCUT2D eigenvalue weighted by Crippen LogP contribution is 2.14. The van der Waals surface area contributed by atoms with E-state index < -0.39 is 9.84 Å². The monoisotopic (exact) mass is 266 g/mol. The van der Waals surface area contributed by atoms with Crippen LogP contribution in [-0.2, 0) is 14.6 Å². The van der Waals surface area contributed by atoms with E-state index in [-0.39, 0.29) is 5.75 Å². The number of hydrogen-bond acceptors (Lipinski definition) is 3. The summed E-state index contributed by atoms with van der Waals surface area (Å²) in [6.07, 6.45) is 3.04. The summed E-state index contributed by atoms with van der Waals surface area (Å²) in [6, 6.07) is 6.80. The molecule has 0 aliphatic carbocycles. The first kappa shape index (κ1) is 14.5. The van der Waals surface area contributed by atoms with Crippen LogP contribution in [0.5, 0.6) is 0 Å². The van der Waals surface area contributed by atoms with Crippen LogP contribution in [-0.4, -0.2) is 20.8 Å². The van der Waals surface area contributed by atoms with Gasteiger partial charge in [0, 0.05) is 0 Å². The van der Waals surface area contributed by atoms with Gasteiger partial charge >= 0.3 is 0 Å². The average molecular weight is 266 g/mol. The minimum absolute atomic E-state index is 0.0976. The van der Waals surface area contributed by atoms with Crippen molar-refractivity contribution >= 4 is 9.84 Å². The number of rotatable bonds is 6. The zero-order chi connectivity index (χ0) is 13.6. The van der Waals surface area contributed by atoms with Crippen LogP contribution < -0.4 is 0 Å². The van der Waals surface area contributed by atoms with Crippen molar-refractivity contribution in [2.45, 2.75) is 18.7 Å². The van der Waals surface area contributed by atoms with E-state index in [0.717, 1.165) is 5.56 Å². The average Bonchev–Trinajstić information content (AvgIpc) is 2.29.